The van der Waals surface area contributed by atoms with E-state index in [-0.39, 0.29) is 49.9 Å². The number of anilines is 2. The molecule has 4 N–H and O–H groups in total. The summed E-state index contributed by atoms with van der Waals surface area (Å²) < 4.78 is 89.9. The third kappa shape index (κ3) is 11.8. The second kappa shape index (κ2) is 15.6. The smallest absolute Gasteiger partial charge is 0.426 e. The van der Waals surface area contributed by atoms with E-state index in [0.717, 1.165) is 18.2 Å². The molecule has 0 fully saturated rings. The van der Waals surface area contributed by atoms with Crippen molar-refractivity contribution in [3.63, 3.8) is 0 Å². The summed E-state index contributed by atoms with van der Waals surface area (Å²) in [5, 5.41) is 0. The predicted molar refractivity (Wildman–Crippen MR) is 150 cm³/mol. The Bertz CT molecular complexity index is 1390. The van der Waals surface area contributed by atoms with Crippen molar-refractivity contribution in [2.75, 3.05) is 44.5 Å². The number of alkyl halides is 5. The number of nitrogen functional groups attached to an aromatic ring is 2. The molecule has 0 aliphatic rings. The van der Waals surface area contributed by atoms with E-state index in [0.29, 0.717) is 16.9 Å². The van der Waals surface area contributed by atoms with Gasteiger partial charge >= 0.3 is 24.2 Å². The maximum Gasteiger partial charge on any atom is 0.426 e. The largest absolute Gasteiger partial charge is 0.491 e. The van der Waals surface area contributed by atoms with E-state index in [1.54, 1.807) is 0 Å². The van der Waals surface area contributed by atoms with E-state index in [4.69, 9.17) is 30.4 Å². The summed E-state index contributed by atoms with van der Waals surface area (Å²) in [5.41, 5.74) is 12.2. The van der Waals surface area contributed by atoms with Crippen LogP contribution in [-0.4, -0.2) is 51.1 Å². The minimum absolute atomic E-state index is 0.00166. The second-order valence-electron chi connectivity index (χ2n) is 9.11. The lowest BCUT2D eigenvalue weighted by molar-refractivity contribution is -0.185. The first-order valence-electron chi connectivity index (χ1n) is 13.0. The van der Waals surface area contributed by atoms with Crippen LogP contribution >= 0.6 is 0 Å². The van der Waals surface area contributed by atoms with Gasteiger partial charge in [-0.2, -0.15) is 22.0 Å². The van der Waals surface area contributed by atoms with Gasteiger partial charge in [0, 0.05) is 23.9 Å². The van der Waals surface area contributed by atoms with Crippen molar-refractivity contribution in [3.05, 3.63) is 89.5 Å². The van der Waals surface area contributed by atoms with Crippen molar-refractivity contribution < 1.29 is 55.2 Å². The van der Waals surface area contributed by atoms with Gasteiger partial charge in [0.2, 0.25) is 0 Å². The molecule has 0 amide bonds. The fourth-order valence-corrected chi connectivity index (χ4v) is 3.49. The highest BCUT2D eigenvalue weighted by Crippen LogP contribution is 2.32. The Kier molecular flexibility index (Phi) is 11.9. The quantitative estimate of drug-likeness (QED) is 0.0714. The van der Waals surface area contributed by atoms with E-state index in [2.05, 4.69) is 4.74 Å². The molecule has 3 aromatic carbocycles. The number of halogens is 5. The van der Waals surface area contributed by atoms with Gasteiger partial charge in [-0.1, -0.05) is 12.1 Å². The van der Waals surface area contributed by atoms with E-state index in [9.17, 15) is 31.5 Å². The summed E-state index contributed by atoms with van der Waals surface area (Å²) in [7, 11) is 0. The molecule has 44 heavy (non-hydrogen) atoms. The Hall–Kier alpha value is -4.85. The van der Waals surface area contributed by atoms with Crippen LogP contribution in [0.1, 0.15) is 27.9 Å². The van der Waals surface area contributed by atoms with Crippen molar-refractivity contribution in [1.82, 2.24) is 0 Å². The van der Waals surface area contributed by atoms with Gasteiger partial charge in [-0.25, -0.2) is 9.59 Å². The van der Waals surface area contributed by atoms with Crippen molar-refractivity contribution >= 4 is 29.4 Å². The molecule has 0 bridgehead atoms. The van der Waals surface area contributed by atoms with Crippen molar-refractivity contribution in [2.24, 2.45) is 0 Å². The number of hydrogen-bond acceptors (Lipinski definition) is 9. The summed E-state index contributed by atoms with van der Waals surface area (Å²) in [4.78, 5) is 24.0. The van der Waals surface area contributed by atoms with Gasteiger partial charge < -0.3 is 35.2 Å². The van der Waals surface area contributed by atoms with Gasteiger partial charge in [0.1, 0.15) is 24.7 Å². The average Bonchev–Trinajstić information content (AvgIpc) is 2.95. The first-order valence-corrected chi connectivity index (χ1v) is 13.0. The van der Waals surface area contributed by atoms with Crippen LogP contribution in [-0.2, 0) is 25.1 Å². The highest BCUT2D eigenvalue weighted by Gasteiger charge is 2.34. The van der Waals surface area contributed by atoms with Crippen molar-refractivity contribution in [3.8, 4) is 11.5 Å². The fraction of sp³-hybridized carbons (Fsp3) is 0.267. The molecule has 0 saturated carbocycles. The minimum Gasteiger partial charge on any atom is -0.491 e. The number of rotatable bonds is 15. The van der Waals surface area contributed by atoms with Gasteiger partial charge in [0.15, 0.2) is 0 Å². The zero-order chi connectivity index (χ0) is 32.2. The van der Waals surface area contributed by atoms with Crippen LogP contribution < -0.4 is 20.9 Å². The van der Waals surface area contributed by atoms with Gasteiger partial charge in [0.05, 0.1) is 30.9 Å². The molecule has 0 unspecified atom stereocenters. The van der Waals surface area contributed by atoms with Gasteiger partial charge in [-0.05, 0) is 66.2 Å². The third-order valence-corrected chi connectivity index (χ3v) is 5.47. The second-order valence-corrected chi connectivity index (χ2v) is 9.11. The molecule has 0 radical (unpaired) electrons. The number of hydrogen-bond donors (Lipinski definition) is 2. The molecule has 9 nitrogen and oxygen atoms in total. The van der Waals surface area contributed by atoms with Crippen LogP contribution in [0.15, 0.2) is 72.8 Å². The summed E-state index contributed by atoms with van der Waals surface area (Å²) >= 11 is 0. The highest BCUT2D eigenvalue weighted by atomic mass is 19.4. The molecule has 3 rings (SSSR count). The number of nitrogens with two attached hydrogens (primary N) is 2. The molecule has 14 heteroatoms. The lowest BCUT2D eigenvalue weighted by atomic mass is 10.2. The zero-order valence-corrected chi connectivity index (χ0v) is 23.2. The molecule has 0 aliphatic heterocycles. The Morgan fingerprint density at radius 1 is 0.750 bits per heavy atom. The maximum absolute atomic E-state index is 14.6. The molecule has 0 aliphatic carbocycles. The molecular weight excluding hydrogens is 595 g/mol. The third-order valence-electron chi connectivity index (χ3n) is 5.47. The van der Waals surface area contributed by atoms with Gasteiger partial charge in [-0.3, -0.25) is 0 Å². The Labute approximate surface area is 249 Å². The molecule has 3 aromatic rings. The van der Waals surface area contributed by atoms with Crippen LogP contribution in [0, 0.1) is 0 Å². The van der Waals surface area contributed by atoms with Crippen LogP contribution in [0.2, 0.25) is 0 Å². The van der Waals surface area contributed by atoms with Crippen molar-refractivity contribution in [1.29, 1.82) is 0 Å². The normalized spacial score (nSPS) is 11.8. The summed E-state index contributed by atoms with van der Waals surface area (Å²) in [6, 6.07) is 14.4. The number of benzene rings is 3. The van der Waals surface area contributed by atoms with E-state index >= 15 is 0 Å². The van der Waals surface area contributed by atoms with Crippen LogP contribution in [0.5, 0.6) is 11.5 Å². The van der Waals surface area contributed by atoms with Crippen LogP contribution in [0.4, 0.5) is 33.3 Å². The number of ether oxygens (including phenoxy) is 5. The standard InChI is InChI=1S/C30H29F5N2O7/c31-29(32,33)19-40-14-15-41-25-9-5-22(6-10-25)30(34,35)44-26-7-2-20(3-8-26)4-11-27(38)42-12-1-13-43-28(39)21-16-23(36)18-24(37)17-21/h2-11,16-18H,1,12-15,19,36-37H2. The lowest BCUT2D eigenvalue weighted by Gasteiger charge is -2.18. The molecule has 0 saturated heterocycles. The molecule has 0 atom stereocenters. The maximum atomic E-state index is 14.6. The van der Waals surface area contributed by atoms with Crippen molar-refractivity contribution in [2.45, 2.75) is 18.7 Å². The number of carbonyl (C=O) groups excluding carboxylic acids is 2. The number of carbonyl (C=O) groups is 2. The van der Waals surface area contributed by atoms with E-state index in [1.807, 2.05) is 0 Å². The molecule has 0 aromatic heterocycles. The molecule has 0 heterocycles. The fourth-order valence-electron chi connectivity index (χ4n) is 3.49. The monoisotopic (exact) mass is 624 g/mol. The van der Waals surface area contributed by atoms with E-state index in [1.165, 1.54) is 60.7 Å². The Morgan fingerprint density at radius 3 is 2.00 bits per heavy atom. The molecular formula is C30H29F5N2O7. The highest BCUT2D eigenvalue weighted by molar-refractivity contribution is 5.91. The Balaban J connectivity index is 1.38. The van der Waals surface area contributed by atoms with Crippen LogP contribution in [0.3, 0.4) is 0 Å². The predicted octanol–water partition coefficient (Wildman–Crippen LogP) is 5.74. The van der Waals surface area contributed by atoms with Gasteiger partial charge in [0.25, 0.3) is 0 Å². The Morgan fingerprint density at radius 2 is 1.36 bits per heavy atom. The zero-order valence-electron chi connectivity index (χ0n) is 23.2. The average molecular weight is 625 g/mol. The minimum atomic E-state index is -4.45. The summed E-state index contributed by atoms with van der Waals surface area (Å²) in [6.45, 7) is -1.94. The topological polar surface area (TPSA) is 132 Å². The lowest BCUT2D eigenvalue weighted by Crippen LogP contribution is -2.21. The van der Waals surface area contributed by atoms with E-state index < -0.39 is 36.4 Å². The van der Waals surface area contributed by atoms with Crippen LogP contribution in [0.25, 0.3) is 6.08 Å². The molecule has 0 spiro atoms. The first kappa shape index (κ1) is 33.6. The first-order chi connectivity index (χ1) is 20.8. The molecule has 236 valence electrons. The summed E-state index contributed by atoms with van der Waals surface area (Å²) in [6.07, 6.45) is -5.33. The van der Waals surface area contributed by atoms with Gasteiger partial charge in [-0.15, -0.1) is 0 Å². The number of esters is 2. The summed E-state index contributed by atoms with van der Waals surface area (Å²) in [5.74, 6) is -1.25. The SMILES string of the molecule is Nc1cc(N)cc(C(=O)OCCCOC(=O)C=Cc2ccc(OC(F)(F)c3ccc(OCCOCC(F)(F)F)cc3)cc2)c1.